The summed E-state index contributed by atoms with van der Waals surface area (Å²) in [5.74, 6) is 0.231. The number of methoxy groups -OCH3 is 1. The molecule has 1 aromatic carbocycles. The quantitative estimate of drug-likeness (QED) is 0.824. The maximum absolute atomic E-state index is 12.6. The first kappa shape index (κ1) is 14.7. The zero-order valence-corrected chi connectivity index (χ0v) is 12.0. The number of ether oxygens (including phenoxy) is 1. The number of para-hydroxylation sites is 1. The lowest BCUT2D eigenvalue weighted by atomic mass is 9.91. The monoisotopic (exact) mass is 278 g/mol. The molecule has 2 atom stereocenters. The SMILES string of the molecule is COc1c(N)cccc1C(=O)N(C)C1CCCCC1O. The lowest BCUT2D eigenvalue weighted by molar-refractivity contribution is 0.0266. The minimum absolute atomic E-state index is 0.137. The summed E-state index contributed by atoms with van der Waals surface area (Å²) in [7, 11) is 3.22. The van der Waals surface area contributed by atoms with E-state index in [1.807, 2.05) is 0 Å². The molecule has 1 fully saturated rings. The second kappa shape index (κ2) is 6.13. The molecule has 5 nitrogen and oxygen atoms in total. The van der Waals surface area contributed by atoms with Gasteiger partial charge in [0.05, 0.1) is 30.5 Å². The molecular weight excluding hydrogens is 256 g/mol. The van der Waals surface area contributed by atoms with Gasteiger partial charge < -0.3 is 20.5 Å². The Labute approximate surface area is 119 Å². The summed E-state index contributed by atoms with van der Waals surface area (Å²) in [6, 6.07) is 4.99. The number of rotatable bonds is 3. The molecule has 3 N–H and O–H groups in total. The van der Waals surface area contributed by atoms with Crippen molar-refractivity contribution in [2.24, 2.45) is 0 Å². The molecule has 0 spiro atoms. The lowest BCUT2D eigenvalue weighted by Gasteiger charge is -2.35. The molecule has 1 saturated carbocycles. The van der Waals surface area contributed by atoms with Gasteiger partial charge in [-0.25, -0.2) is 0 Å². The van der Waals surface area contributed by atoms with Crippen molar-refractivity contribution in [1.82, 2.24) is 4.90 Å². The second-order valence-corrected chi connectivity index (χ2v) is 5.26. The number of nitrogens with zero attached hydrogens (tertiary/aromatic N) is 1. The summed E-state index contributed by atoms with van der Waals surface area (Å²) in [5.41, 5.74) is 6.71. The number of amides is 1. The average molecular weight is 278 g/mol. The highest BCUT2D eigenvalue weighted by Gasteiger charge is 2.31. The number of anilines is 1. The molecule has 2 unspecified atom stereocenters. The van der Waals surface area contributed by atoms with E-state index in [2.05, 4.69) is 0 Å². The van der Waals surface area contributed by atoms with Crippen molar-refractivity contribution in [2.45, 2.75) is 37.8 Å². The van der Waals surface area contributed by atoms with E-state index in [9.17, 15) is 9.90 Å². The molecule has 2 rings (SSSR count). The van der Waals surface area contributed by atoms with Gasteiger partial charge in [0, 0.05) is 7.05 Å². The molecule has 0 aliphatic heterocycles. The zero-order chi connectivity index (χ0) is 14.7. The van der Waals surface area contributed by atoms with Crippen LogP contribution in [0.1, 0.15) is 36.0 Å². The maximum Gasteiger partial charge on any atom is 0.257 e. The van der Waals surface area contributed by atoms with Gasteiger partial charge in [-0.05, 0) is 25.0 Å². The summed E-state index contributed by atoms with van der Waals surface area (Å²) in [6.07, 6.45) is 3.17. The highest BCUT2D eigenvalue weighted by Crippen LogP contribution is 2.29. The molecule has 0 radical (unpaired) electrons. The number of aliphatic hydroxyl groups is 1. The van der Waals surface area contributed by atoms with Gasteiger partial charge in [-0.1, -0.05) is 18.9 Å². The van der Waals surface area contributed by atoms with Gasteiger partial charge in [-0.15, -0.1) is 0 Å². The predicted molar refractivity (Wildman–Crippen MR) is 77.8 cm³/mol. The molecule has 1 aromatic rings. The molecule has 20 heavy (non-hydrogen) atoms. The van der Waals surface area contributed by atoms with Gasteiger partial charge in [0.25, 0.3) is 5.91 Å². The first-order valence-electron chi connectivity index (χ1n) is 6.94. The number of carbonyl (C=O) groups excluding carboxylic acids is 1. The molecule has 0 bridgehead atoms. The van der Waals surface area contributed by atoms with E-state index < -0.39 is 6.10 Å². The largest absolute Gasteiger partial charge is 0.494 e. The van der Waals surface area contributed by atoms with Gasteiger partial charge >= 0.3 is 0 Å². The molecule has 1 aliphatic carbocycles. The molecule has 5 heteroatoms. The van der Waals surface area contributed by atoms with Crippen molar-refractivity contribution in [1.29, 1.82) is 0 Å². The van der Waals surface area contributed by atoms with Crippen LogP contribution in [0.2, 0.25) is 0 Å². The van der Waals surface area contributed by atoms with Crippen LogP contribution in [-0.4, -0.2) is 42.2 Å². The Balaban J connectivity index is 2.24. The van der Waals surface area contributed by atoms with Crippen LogP contribution in [-0.2, 0) is 0 Å². The fourth-order valence-electron chi connectivity index (χ4n) is 2.84. The van der Waals surface area contributed by atoms with E-state index in [0.717, 1.165) is 25.7 Å². The second-order valence-electron chi connectivity index (χ2n) is 5.26. The summed E-state index contributed by atoms with van der Waals surface area (Å²) >= 11 is 0. The van der Waals surface area contributed by atoms with Gasteiger partial charge in [-0.2, -0.15) is 0 Å². The van der Waals surface area contributed by atoms with E-state index in [-0.39, 0.29) is 11.9 Å². The number of benzene rings is 1. The summed E-state index contributed by atoms with van der Waals surface area (Å²) < 4.78 is 5.23. The van der Waals surface area contributed by atoms with Gasteiger partial charge in [-0.3, -0.25) is 4.79 Å². The molecule has 0 heterocycles. The number of likely N-dealkylation sites (N-methyl/N-ethyl adjacent to an activating group) is 1. The highest BCUT2D eigenvalue weighted by atomic mass is 16.5. The summed E-state index contributed by atoms with van der Waals surface area (Å²) in [5, 5.41) is 10.1. The summed E-state index contributed by atoms with van der Waals surface area (Å²) in [4.78, 5) is 14.2. The Kier molecular flexibility index (Phi) is 4.49. The van der Waals surface area contributed by atoms with Crippen LogP contribution in [0.4, 0.5) is 5.69 Å². The van der Waals surface area contributed by atoms with E-state index in [4.69, 9.17) is 10.5 Å². The van der Waals surface area contributed by atoms with Crippen molar-refractivity contribution >= 4 is 11.6 Å². The number of nitrogens with two attached hydrogens (primary N) is 1. The van der Waals surface area contributed by atoms with Crippen molar-refractivity contribution < 1.29 is 14.6 Å². The molecule has 1 aliphatic rings. The summed E-state index contributed by atoms with van der Waals surface area (Å²) in [6.45, 7) is 0. The smallest absolute Gasteiger partial charge is 0.257 e. The normalized spacial score (nSPS) is 22.4. The number of hydrogen-bond acceptors (Lipinski definition) is 4. The van der Waals surface area contributed by atoms with E-state index in [1.54, 1.807) is 30.1 Å². The van der Waals surface area contributed by atoms with Crippen LogP contribution in [0.3, 0.4) is 0 Å². The van der Waals surface area contributed by atoms with E-state index >= 15 is 0 Å². The fraction of sp³-hybridized carbons (Fsp3) is 0.533. The number of carbonyl (C=O) groups is 1. The first-order chi connectivity index (χ1) is 9.56. The third-order valence-corrected chi connectivity index (χ3v) is 3.99. The van der Waals surface area contributed by atoms with Crippen LogP contribution >= 0.6 is 0 Å². The minimum Gasteiger partial charge on any atom is -0.494 e. The Hall–Kier alpha value is -1.75. The first-order valence-corrected chi connectivity index (χ1v) is 6.94. The number of hydrogen-bond donors (Lipinski definition) is 2. The minimum atomic E-state index is -0.454. The Morgan fingerprint density at radius 1 is 1.40 bits per heavy atom. The van der Waals surface area contributed by atoms with Crippen molar-refractivity contribution in [3.8, 4) is 5.75 Å². The van der Waals surface area contributed by atoms with Crippen molar-refractivity contribution in [2.75, 3.05) is 19.9 Å². The van der Waals surface area contributed by atoms with Crippen LogP contribution in [0.15, 0.2) is 18.2 Å². The molecule has 110 valence electrons. The molecule has 0 saturated heterocycles. The Morgan fingerprint density at radius 3 is 2.75 bits per heavy atom. The number of aliphatic hydroxyl groups excluding tert-OH is 1. The van der Waals surface area contributed by atoms with Gasteiger partial charge in [0.1, 0.15) is 0 Å². The highest BCUT2D eigenvalue weighted by molar-refractivity contribution is 5.98. The Bertz CT molecular complexity index is 490. The van der Waals surface area contributed by atoms with Crippen LogP contribution in [0, 0.1) is 0 Å². The standard InChI is InChI=1S/C15H22N2O3/c1-17(12-8-3-4-9-13(12)18)15(19)10-6-5-7-11(16)14(10)20-2/h5-7,12-13,18H,3-4,8-9,16H2,1-2H3. The van der Waals surface area contributed by atoms with E-state index in [0.29, 0.717) is 17.0 Å². The molecule has 0 aromatic heterocycles. The fourth-order valence-corrected chi connectivity index (χ4v) is 2.84. The van der Waals surface area contributed by atoms with Crippen molar-refractivity contribution in [3.63, 3.8) is 0 Å². The van der Waals surface area contributed by atoms with Crippen molar-refractivity contribution in [3.05, 3.63) is 23.8 Å². The predicted octanol–water partition coefficient (Wildman–Crippen LogP) is 1.65. The van der Waals surface area contributed by atoms with E-state index in [1.165, 1.54) is 7.11 Å². The van der Waals surface area contributed by atoms with Crippen LogP contribution < -0.4 is 10.5 Å². The molecule has 1 amide bonds. The van der Waals surface area contributed by atoms with Crippen LogP contribution in [0.25, 0.3) is 0 Å². The third kappa shape index (κ3) is 2.72. The van der Waals surface area contributed by atoms with Gasteiger partial charge in [0.15, 0.2) is 5.75 Å². The lowest BCUT2D eigenvalue weighted by Crippen LogP contribution is -2.46. The topological polar surface area (TPSA) is 75.8 Å². The van der Waals surface area contributed by atoms with Crippen LogP contribution in [0.5, 0.6) is 5.75 Å². The molecular formula is C15H22N2O3. The zero-order valence-electron chi connectivity index (χ0n) is 12.0. The van der Waals surface area contributed by atoms with Gasteiger partial charge in [0.2, 0.25) is 0 Å². The maximum atomic E-state index is 12.6. The average Bonchev–Trinajstić information content (AvgIpc) is 2.46. The third-order valence-electron chi connectivity index (χ3n) is 3.99. The number of nitrogen functional groups attached to an aromatic ring is 1. The Morgan fingerprint density at radius 2 is 2.10 bits per heavy atom.